The Labute approximate surface area is 111 Å². The molecule has 0 rings (SSSR count). The van der Waals surface area contributed by atoms with Gasteiger partial charge in [0.05, 0.1) is 6.61 Å². The molecule has 0 aromatic carbocycles. The molecule has 7 heteroatoms. The van der Waals surface area contributed by atoms with E-state index in [2.05, 4.69) is 4.74 Å². The molecule has 0 bridgehead atoms. The highest BCUT2D eigenvalue weighted by Gasteiger charge is 2.30. The first-order valence-electron chi connectivity index (χ1n) is 6.27. The van der Waals surface area contributed by atoms with Gasteiger partial charge in [0.25, 0.3) is 0 Å². The fourth-order valence-electron chi connectivity index (χ4n) is 1.34. The molecule has 0 radical (unpaired) electrons. The van der Waals surface area contributed by atoms with Crippen molar-refractivity contribution in [1.29, 1.82) is 0 Å². The van der Waals surface area contributed by atoms with E-state index in [1.807, 2.05) is 6.92 Å². The Morgan fingerprint density at radius 2 is 1.79 bits per heavy atom. The van der Waals surface area contributed by atoms with E-state index < -0.39 is 43.3 Å². The molecule has 0 saturated carbocycles. The van der Waals surface area contributed by atoms with Gasteiger partial charge in [-0.1, -0.05) is 19.8 Å². The topological polar surface area (TPSA) is 124 Å². The summed E-state index contributed by atoms with van der Waals surface area (Å²) >= 11 is 0. The summed E-state index contributed by atoms with van der Waals surface area (Å²) in [6.45, 7) is 0.530. The molecule has 112 valence electrons. The zero-order valence-corrected chi connectivity index (χ0v) is 11.0. The second kappa shape index (κ2) is 9.85. The van der Waals surface area contributed by atoms with E-state index >= 15 is 0 Å². The Bertz CT molecular complexity index is 279. The minimum Gasteiger partial charge on any atom is -0.458 e. The molecule has 0 heterocycles. The average molecular weight is 278 g/mol. The number of esters is 1. The maximum Gasteiger partial charge on any atom is 0.306 e. The third-order valence-electron chi connectivity index (χ3n) is 2.59. The van der Waals surface area contributed by atoms with Gasteiger partial charge in [0.15, 0.2) is 6.61 Å². The molecule has 0 aromatic heterocycles. The minimum atomic E-state index is -1.90. The summed E-state index contributed by atoms with van der Waals surface area (Å²) in [6.07, 6.45) is -2.64. The average Bonchev–Trinajstić information content (AvgIpc) is 2.42. The lowest BCUT2D eigenvalue weighted by Gasteiger charge is -2.20. The van der Waals surface area contributed by atoms with Crippen LogP contribution in [0, 0.1) is 0 Å². The Kier molecular flexibility index (Phi) is 9.32. The van der Waals surface area contributed by atoms with Crippen LogP contribution in [-0.2, 0) is 14.3 Å². The molecular formula is C12H22O7. The number of carbonyl (C=O) groups is 2. The standard InChI is InChI=1S/C12H22O7/c1-2-3-4-5-10(16)19-7-9(15)12(18)11(17)8(14)6-13/h8,11-14,17-18H,2-7H2,1H3/t8-,11-,12-/m1/s1. The monoisotopic (exact) mass is 278 g/mol. The van der Waals surface area contributed by atoms with Crippen molar-refractivity contribution in [3.63, 3.8) is 0 Å². The highest BCUT2D eigenvalue weighted by atomic mass is 16.5. The maximum atomic E-state index is 11.4. The maximum absolute atomic E-state index is 11.4. The van der Waals surface area contributed by atoms with Crippen LogP contribution in [0.4, 0.5) is 0 Å². The van der Waals surface area contributed by atoms with Gasteiger partial charge in [-0.2, -0.15) is 0 Å². The van der Waals surface area contributed by atoms with Crippen molar-refractivity contribution >= 4 is 11.8 Å². The predicted octanol–water partition coefficient (Wildman–Crippen LogP) is -1.25. The van der Waals surface area contributed by atoms with E-state index in [4.69, 9.17) is 10.2 Å². The van der Waals surface area contributed by atoms with E-state index in [9.17, 15) is 19.8 Å². The number of aliphatic hydroxyl groups excluding tert-OH is 4. The van der Waals surface area contributed by atoms with Crippen LogP contribution < -0.4 is 0 Å². The zero-order valence-electron chi connectivity index (χ0n) is 11.0. The van der Waals surface area contributed by atoms with Crippen LogP contribution in [0.25, 0.3) is 0 Å². The van der Waals surface area contributed by atoms with Crippen LogP contribution in [-0.4, -0.2) is 63.7 Å². The fourth-order valence-corrected chi connectivity index (χ4v) is 1.34. The number of hydrogen-bond acceptors (Lipinski definition) is 7. The molecule has 4 N–H and O–H groups in total. The summed E-state index contributed by atoms with van der Waals surface area (Å²) in [6, 6.07) is 0. The van der Waals surface area contributed by atoms with Crippen molar-refractivity contribution < 1.29 is 34.8 Å². The number of Topliss-reactive ketones (excluding diaryl/α,β-unsaturated/α-hetero) is 1. The zero-order chi connectivity index (χ0) is 14.8. The number of ketones is 1. The normalized spacial score (nSPS) is 15.6. The molecule has 7 nitrogen and oxygen atoms in total. The summed E-state index contributed by atoms with van der Waals surface area (Å²) < 4.78 is 4.63. The van der Waals surface area contributed by atoms with Gasteiger partial charge < -0.3 is 25.2 Å². The Morgan fingerprint density at radius 1 is 1.16 bits per heavy atom. The summed E-state index contributed by atoms with van der Waals surface area (Å²) in [7, 11) is 0. The van der Waals surface area contributed by atoms with Gasteiger partial charge >= 0.3 is 5.97 Å². The van der Waals surface area contributed by atoms with Gasteiger partial charge in [-0.3, -0.25) is 9.59 Å². The van der Waals surface area contributed by atoms with E-state index in [0.29, 0.717) is 6.42 Å². The number of aliphatic hydroxyl groups is 4. The van der Waals surface area contributed by atoms with Crippen LogP contribution in [0.1, 0.15) is 32.6 Å². The highest BCUT2D eigenvalue weighted by molar-refractivity contribution is 5.86. The SMILES string of the molecule is CCCCCC(=O)OCC(=O)[C@@H](O)[C@H](O)[C@H](O)CO. The van der Waals surface area contributed by atoms with Gasteiger partial charge in [0.2, 0.25) is 5.78 Å². The third-order valence-corrected chi connectivity index (χ3v) is 2.59. The molecular weight excluding hydrogens is 256 g/mol. The van der Waals surface area contributed by atoms with Crippen LogP contribution in [0.3, 0.4) is 0 Å². The number of unbranched alkanes of at least 4 members (excludes halogenated alkanes) is 2. The fraction of sp³-hybridized carbons (Fsp3) is 0.833. The van der Waals surface area contributed by atoms with Crippen molar-refractivity contribution in [2.24, 2.45) is 0 Å². The van der Waals surface area contributed by atoms with Crippen LogP contribution in [0.15, 0.2) is 0 Å². The number of carbonyl (C=O) groups excluding carboxylic acids is 2. The van der Waals surface area contributed by atoms with Gasteiger partial charge in [-0.15, -0.1) is 0 Å². The molecule has 0 fully saturated rings. The molecule has 0 aromatic rings. The van der Waals surface area contributed by atoms with E-state index in [-0.39, 0.29) is 6.42 Å². The molecule has 0 aliphatic rings. The quantitative estimate of drug-likeness (QED) is 0.291. The Morgan fingerprint density at radius 3 is 2.32 bits per heavy atom. The molecule has 19 heavy (non-hydrogen) atoms. The third kappa shape index (κ3) is 7.22. The minimum absolute atomic E-state index is 0.193. The summed E-state index contributed by atoms with van der Waals surface area (Å²) in [4.78, 5) is 22.6. The molecule has 0 amide bonds. The smallest absolute Gasteiger partial charge is 0.306 e. The van der Waals surface area contributed by atoms with Crippen molar-refractivity contribution in [1.82, 2.24) is 0 Å². The number of rotatable bonds is 10. The summed E-state index contributed by atoms with van der Waals surface area (Å²) in [5.41, 5.74) is 0. The van der Waals surface area contributed by atoms with Gasteiger partial charge in [0.1, 0.15) is 18.3 Å². The Hall–Kier alpha value is -1.02. The van der Waals surface area contributed by atoms with Crippen LogP contribution >= 0.6 is 0 Å². The molecule has 0 spiro atoms. The number of ether oxygens (including phenoxy) is 1. The van der Waals surface area contributed by atoms with Crippen molar-refractivity contribution in [2.75, 3.05) is 13.2 Å². The predicted molar refractivity (Wildman–Crippen MR) is 65.2 cm³/mol. The van der Waals surface area contributed by atoms with Gasteiger partial charge in [0, 0.05) is 6.42 Å². The highest BCUT2D eigenvalue weighted by Crippen LogP contribution is 2.04. The first kappa shape index (κ1) is 18.0. The van der Waals surface area contributed by atoms with E-state index in [1.54, 1.807) is 0 Å². The molecule has 0 aliphatic heterocycles. The molecule has 0 saturated heterocycles. The molecule has 0 unspecified atom stereocenters. The lowest BCUT2D eigenvalue weighted by atomic mass is 10.1. The van der Waals surface area contributed by atoms with Gasteiger partial charge in [-0.05, 0) is 6.42 Å². The van der Waals surface area contributed by atoms with Crippen molar-refractivity contribution in [3.8, 4) is 0 Å². The van der Waals surface area contributed by atoms with Crippen LogP contribution in [0.5, 0.6) is 0 Å². The first-order valence-corrected chi connectivity index (χ1v) is 6.27. The van der Waals surface area contributed by atoms with E-state index in [1.165, 1.54) is 0 Å². The second-order valence-electron chi connectivity index (χ2n) is 4.27. The molecule has 3 atom stereocenters. The first-order chi connectivity index (χ1) is 8.93. The lowest BCUT2D eigenvalue weighted by Crippen LogP contribution is -2.45. The largest absolute Gasteiger partial charge is 0.458 e. The summed E-state index contributed by atoms with van der Waals surface area (Å²) in [5.74, 6) is -1.48. The lowest BCUT2D eigenvalue weighted by molar-refractivity contribution is -0.155. The second-order valence-corrected chi connectivity index (χ2v) is 4.27. The van der Waals surface area contributed by atoms with Gasteiger partial charge in [-0.25, -0.2) is 0 Å². The number of hydrogen-bond donors (Lipinski definition) is 4. The molecule has 0 aliphatic carbocycles. The Balaban J connectivity index is 3.99. The van der Waals surface area contributed by atoms with Crippen LogP contribution in [0.2, 0.25) is 0 Å². The summed E-state index contributed by atoms with van der Waals surface area (Å²) in [5, 5.41) is 36.2. The van der Waals surface area contributed by atoms with E-state index in [0.717, 1.165) is 12.8 Å². The van der Waals surface area contributed by atoms with Crippen molar-refractivity contribution in [2.45, 2.75) is 50.9 Å². The van der Waals surface area contributed by atoms with Crippen molar-refractivity contribution in [3.05, 3.63) is 0 Å².